The predicted molar refractivity (Wildman–Crippen MR) is 106 cm³/mol. The molecule has 2 heterocycles. The second-order valence-corrected chi connectivity index (χ2v) is 6.90. The molecule has 2 N–H and O–H groups in total. The average molecular weight is 376 g/mol. The summed E-state index contributed by atoms with van der Waals surface area (Å²) in [5, 5.41) is 14.1. The fourth-order valence-electron chi connectivity index (χ4n) is 2.79. The third kappa shape index (κ3) is 4.41. The van der Waals surface area contributed by atoms with Crippen molar-refractivity contribution in [1.29, 1.82) is 0 Å². The zero-order valence-electron chi connectivity index (χ0n) is 15.5. The maximum Gasteiger partial charge on any atom is 0.194 e. The molecule has 8 heteroatoms. The Morgan fingerprint density at radius 1 is 1.23 bits per heavy atom. The van der Waals surface area contributed by atoms with Crippen molar-refractivity contribution in [3.05, 3.63) is 29.4 Å². The number of aromatic nitrogens is 3. The highest BCUT2D eigenvalue weighted by atomic mass is 35.5. The molecule has 1 fully saturated rings. The van der Waals surface area contributed by atoms with Crippen LogP contribution in [0.25, 0.3) is 11.4 Å². The number of piperazine rings is 1. The zero-order valence-corrected chi connectivity index (χ0v) is 16.3. The summed E-state index contributed by atoms with van der Waals surface area (Å²) in [5.74, 6) is 1.29. The molecule has 1 unspecified atom stereocenters. The minimum Gasteiger partial charge on any atom is -0.351 e. The van der Waals surface area contributed by atoms with Crippen LogP contribution in [0.1, 0.15) is 20.3 Å². The summed E-state index contributed by atoms with van der Waals surface area (Å²) in [4.78, 5) is 6.81. The van der Waals surface area contributed by atoms with Gasteiger partial charge in [0, 0.05) is 50.5 Å². The number of rotatable bonds is 6. The summed E-state index contributed by atoms with van der Waals surface area (Å²) >= 11 is 6.23. The number of anilines is 2. The number of hydrogen-bond acceptors (Lipinski definition) is 7. The van der Waals surface area contributed by atoms with E-state index in [2.05, 4.69) is 49.7 Å². The van der Waals surface area contributed by atoms with Crippen LogP contribution in [0, 0.1) is 0 Å². The Morgan fingerprint density at radius 3 is 2.58 bits per heavy atom. The van der Waals surface area contributed by atoms with Crippen LogP contribution in [0.15, 0.2) is 24.3 Å². The highest BCUT2D eigenvalue weighted by Crippen LogP contribution is 2.25. The van der Waals surface area contributed by atoms with E-state index in [0.29, 0.717) is 22.8 Å². The maximum absolute atomic E-state index is 6.23. The molecule has 0 bridgehead atoms. The Kier molecular flexibility index (Phi) is 6.24. The molecular formula is C18H26ClN7. The molecule has 1 aliphatic rings. The molecule has 1 atom stereocenters. The van der Waals surface area contributed by atoms with Gasteiger partial charge in [-0.25, -0.2) is 9.99 Å². The van der Waals surface area contributed by atoms with E-state index in [4.69, 9.17) is 11.6 Å². The molecule has 0 radical (unpaired) electrons. The minimum atomic E-state index is 0.351. The van der Waals surface area contributed by atoms with E-state index in [9.17, 15) is 0 Å². The van der Waals surface area contributed by atoms with Gasteiger partial charge in [-0.3, -0.25) is 0 Å². The maximum atomic E-state index is 6.23. The summed E-state index contributed by atoms with van der Waals surface area (Å²) in [5.41, 5.74) is 5.33. The van der Waals surface area contributed by atoms with Crippen molar-refractivity contribution >= 4 is 23.1 Å². The number of hydrogen-bond donors (Lipinski definition) is 2. The van der Waals surface area contributed by atoms with Crippen molar-refractivity contribution < 1.29 is 0 Å². The van der Waals surface area contributed by atoms with E-state index in [0.717, 1.165) is 43.9 Å². The van der Waals surface area contributed by atoms with Crippen LogP contribution in [0.3, 0.4) is 0 Å². The van der Waals surface area contributed by atoms with Crippen molar-refractivity contribution in [2.45, 2.75) is 26.3 Å². The first-order valence-electron chi connectivity index (χ1n) is 9.04. The largest absolute Gasteiger partial charge is 0.351 e. The molecule has 26 heavy (non-hydrogen) atoms. The number of nitrogens with zero attached hydrogens (tertiary/aromatic N) is 5. The molecule has 1 aromatic carbocycles. The Bertz CT molecular complexity index is 716. The van der Waals surface area contributed by atoms with Gasteiger partial charge in [0.25, 0.3) is 0 Å². The lowest BCUT2D eigenvalue weighted by Crippen LogP contribution is -2.44. The molecular weight excluding hydrogens is 350 g/mol. The zero-order chi connectivity index (χ0) is 18.5. The Morgan fingerprint density at radius 2 is 1.92 bits per heavy atom. The van der Waals surface area contributed by atoms with Crippen LogP contribution in [0.2, 0.25) is 5.15 Å². The van der Waals surface area contributed by atoms with Gasteiger partial charge in [-0.05, 0) is 37.6 Å². The Labute approximate surface area is 159 Å². The number of benzene rings is 1. The van der Waals surface area contributed by atoms with Crippen LogP contribution in [0.5, 0.6) is 0 Å². The van der Waals surface area contributed by atoms with E-state index < -0.39 is 0 Å². The molecule has 140 valence electrons. The van der Waals surface area contributed by atoms with E-state index in [1.165, 1.54) is 0 Å². The fourth-order valence-corrected chi connectivity index (χ4v) is 2.99. The van der Waals surface area contributed by atoms with Crippen molar-refractivity contribution in [3.8, 4) is 11.4 Å². The van der Waals surface area contributed by atoms with Gasteiger partial charge in [0.2, 0.25) is 0 Å². The SMILES string of the molecule is CCC(C)N(C)Nc1ccc(-c2nnc(Cl)c(N3CCNCC3)n2)cc1. The van der Waals surface area contributed by atoms with Gasteiger partial charge in [-0.1, -0.05) is 18.5 Å². The van der Waals surface area contributed by atoms with Crippen molar-refractivity contribution in [3.63, 3.8) is 0 Å². The van der Waals surface area contributed by atoms with Gasteiger partial charge in [0.15, 0.2) is 16.8 Å². The van der Waals surface area contributed by atoms with Crippen LogP contribution in [-0.4, -0.2) is 59.5 Å². The van der Waals surface area contributed by atoms with Crippen LogP contribution < -0.4 is 15.6 Å². The molecule has 1 saturated heterocycles. The Hall–Kier alpha value is -1.96. The minimum absolute atomic E-state index is 0.351. The molecule has 1 aliphatic heterocycles. The van der Waals surface area contributed by atoms with E-state index in [-0.39, 0.29) is 0 Å². The van der Waals surface area contributed by atoms with Gasteiger partial charge in [0.05, 0.1) is 0 Å². The van der Waals surface area contributed by atoms with E-state index in [1.807, 2.05) is 31.3 Å². The van der Waals surface area contributed by atoms with Crippen LogP contribution >= 0.6 is 11.6 Å². The van der Waals surface area contributed by atoms with Crippen molar-refractivity contribution in [1.82, 2.24) is 25.5 Å². The third-order valence-corrected chi connectivity index (χ3v) is 4.99. The van der Waals surface area contributed by atoms with Gasteiger partial charge >= 0.3 is 0 Å². The second-order valence-electron chi connectivity index (χ2n) is 6.54. The molecule has 2 aromatic rings. The first-order valence-corrected chi connectivity index (χ1v) is 9.42. The molecule has 0 aliphatic carbocycles. The second kappa shape index (κ2) is 8.62. The number of nitrogens with one attached hydrogen (secondary N) is 2. The highest BCUT2D eigenvalue weighted by Gasteiger charge is 2.18. The van der Waals surface area contributed by atoms with Crippen LogP contribution in [0.4, 0.5) is 11.5 Å². The number of hydrazine groups is 1. The average Bonchev–Trinajstić information content (AvgIpc) is 2.69. The van der Waals surface area contributed by atoms with Gasteiger partial charge < -0.3 is 15.6 Å². The van der Waals surface area contributed by atoms with E-state index in [1.54, 1.807) is 0 Å². The van der Waals surface area contributed by atoms with Crippen molar-refractivity contribution in [2.75, 3.05) is 43.6 Å². The van der Waals surface area contributed by atoms with Crippen LogP contribution in [-0.2, 0) is 0 Å². The van der Waals surface area contributed by atoms with Gasteiger partial charge in [-0.2, -0.15) is 0 Å². The smallest absolute Gasteiger partial charge is 0.194 e. The lowest BCUT2D eigenvalue weighted by molar-refractivity contribution is 0.302. The summed E-state index contributed by atoms with van der Waals surface area (Å²) in [6.45, 7) is 7.92. The molecule has 0 spiro atoms. The van der Waals surface area contributed by atoms with Crippen molar-refractivity contribution in [2.24, 2.45) is 0 Å². The normalized spacial score (nSPS) is 16.0. The van der Waals surface area contributed by atoms with Gasteiger partial charge in [-0.15, -0.1) is 10.2 Å². The topological polar surface area (TPSA) is 69.2 Å². The first-order chi connectivity index (χ1) is 12.6. The lowest BCUT2D eigenvalue weighted by Gasteiger charge is -2.28. The fraction of sp³-hybridized carbons (Fsp3) is 0.500. The summed E-state index contributed by atoms with van der Waals surface area (Å²) in [7, 11) is 2.05. The first kappa shape index (κ1) is 18.8. The highest BCUT2D eigenvalue weighted by molar-refractivity contribution is 6.31. The number of halogens is 1. The van der Waals surface area contributed by atoms with E-state index >= 15 is 0 Å². The summed E-state index contributed by atoms with van der Waals surface area (Å²) in [6.07, 6.45) is 1.08. The summed E-state index contributed by atoms with van der Waals surface area (Å²) < 4.78 is 0. The molecule has 1 aromatic heterocycles. The quantitative estimate of drug-likeness (QED) is 0.752. The summed E-state index contributed by atoms with van der Waals surface area (Å²) in [6, 6.07) is 8.51. The third-order valence-electron chi connectivity index (χ3n) is 4.75. The lowest BCUT2D eigenvalue weighted by atomic mass is 10.2. The molecule has 7 nitrogen and oxygen atoms in total. The molecule has 3 rings (SSSR count). The van der Waals surface area contributed by atoms with Gasteiger partial charge in [0.1, 0.15) is 0 Å². The predicted octanol–water partition coefficient (Wildman–Crippen LogP) is 2.66. The molecule has 0 saturated carbocycles. The molecule has 0 amide bonds. The monoisotopic (exact) mass is 375 g/mol. The standard InChI is InChI=1S/C18H26ClN7/c1-4-13(2)25(3)24-15-7-5-14(6-8-15)17-21-18(16(19)22-23-17)26-11-9-20-10-12-26/h5-8,13,20,24H,4,9-12H2,1-3H3. The Balaban J connectivity index is 1.76.